The van der Waals surface area contributed by atoms with Gasteiger partial charge in [0.2, 0.25) is 11.8 Å². The van der Waals surface area contributed by atoms with Gasteiger partial charge in [-0.15, -0.1) is 0 Å². The summed E-state index contributed by atoms with van der Waals surface area (Å²) in [6.07, 6.45) is 6.11. The van der Waals surface area contributed by atoms with Crippen molar-refractivity contribution in [3.05, 3.63) is 53.2 Å². The number of rotatable bonds is 10. The average molecular weight is 441 g/mol. The molecule has 1 amide bonds. The molecular formula is C26H36N2O4. The van der Waals surface area contributed by atoms with Gasteiger partial charge in [0.05, 0.1) is 19.8 Å². The van der Waals surface area contributed by atoms with Crippen molar-refractivity contribution >= 4 is 17.6 Å². The van der Waals surface area contributed by atoms with E-state index in [2.05, 4.69) is 38.0 Å². The van der Waals surface area contributed by atoms with Gasteiger partial charge in [0, 0.05) is 23.9 Å². The molecule has 1 aromatic carbocycles. The zero-order valence-electron chi connectivity index (χ0n) is 20.2. The second-order valence-electron chi connectivity index (χ2n) is 9.05. The van der Waals surface area contributed by atoms with Crippen molar-refractivity contribution in [2.24, 2.45) is 0 Å². The van der Waals surface area contributed by atoms with E-state index in [0.717, 1.165) is 36.8 Å². The Morgan fingerprint density at radius 2 is 1.88 bits per heavy atom. The average Bonchev–Trinajstić information content (AvgIpc) is 2.77. The van der Waals surface area contributed by atoms with E-state index in [1.54, 1.807) is 25.4 Å². The Balaban J connectivity index is 2.31. The SMILES string of the molecule is CCCCCC(CC(=O)Nc1cc(C(=O)OC)ccc1C(C)(C)C)c1cccnc1OC. The Hall–Kier alpha value is -2.89. The third-order valence-electron chi connectivity index (χ3n) is 5.54. The molecule has 0 radical (unpaired) electrons. The van der Waals surface area contributed by atoms with Gasteiger partial charge in [0.1, 0.15) is 0 Å². The van der Waals surface area contributed by atoms with Crippen molar-refractivity contribution in [3.63, 3.8) is 0 Å². The van der Waals surface area contributed by atoms with E-state index >= 15 is 0 Å². The zero-order chi connectivity index (χ0) is 23.7. The number of methoxy groups -OCH3 is 2. The van der Waals surface area contributed by atoms with Crippen LogP contribution in [0.15, 0.2) is 36.5 Å². The van der Waals surface area contributed by atoms with Gasteiger partial charge < -0.3 is 14.8 Å². The van der Waals surface area contributed by atoms with Gasteiger partial charge in [-0.2, -0.15) is 0 Å². The maximum absolute atomic E-state index is 13.2. The fourth-order valence-corrected chi connectivity index (χ4v) is 3.86. The molecule has 1 heterocycles. The minimum absolute atomic E-state index is 0.00734. The highest BCUT2D eigenvalue weighted by Gasteiger charge is 2.24. The van der Waals surface area contributed by atoms with Crippen molar-refractivity contribution in [2.75, 3.05) is 19.5 Å². The first kappa shape index (κ1) is 25.4. The summed E-state index contributed by atoms with van der Waals surface area (Å²) in [6.45, 7) is 8.38. The van der Waals surface area contributed by atoms with Gasteiger partial charge in [-0.05, 0) is 41.5 Å². The highest BCUT2D eigenvalue weighted by atomic mass is 16.5. The minimum atomic E-state index is -0.432. The van der Waals surface area contributed by atoms with Gasteiger partial charge in [0.15, 0.2) is 0 Å². The van der Waals surface area contributed by atoms with E-state index in [9.17, 15) is 9.59 Å². The Morgan fingerprint density at radius 3 is 2.50 bits per heavy atom. The molecule has 6 heteroatoms. The monoisotopic (exact) mass is 440 g/mol. The van der Waals surface area contributed by atoms with Crippen LogP contribution in [0.2, 0.25) is 0 Å². The summed E-state index contributed by atoms with van der Waals surface area (Å²) in [5.74, 6) is 0.0142. The van der Waals surface area contributed by atoms with Crippen molar-refractivity contribution in [2.45, 2.75) is 71.1 Å². The van der Waals surface area contributed by atoms with Crippen LogP contribution in [0.4, 0.5) is 5.69 Å². The fourth-order valence-electron chi connectivity index (χ4n) is 3.86. The second-order valence-corrected chi connectivity index (χ2v) is 9.05. The lowest BCUT2D eigenvalue weighted by Gasteiger charge is -2.24. The van der Waals surface area contributed by atoms with E-state index in [-0.39, 0.29) is 17.2 Å². The third kappa shape index (κ3) is 6.81. The predicted molar refractivity (Wildman–Crippen MR) is 127 cm³/mol. The number of nitrogens with zero attached hydrogens (tertiary/aromatic N) is 1. The first-order valence-electron chi connectivity index (χ1n) is 11.2. The van der Waals surface area contributed by atoms with Crippen LogP contribution in [0.3, 0.4) is 0 Å². The molecule has 0 aliphatic heterocycles. The number of ether oxygens (including phenoxy) is 2. The molecule has 2 rings (SSSR count). The molecule has 0 bridgehead atoms. The van der Waals surface area contributed by atoms with E-state index in [1.165, 1.54) is 7.11 Å². The molecule has 1 aromatic heterocycles. The van der Waals surface area contributed by atoms with Crippen LogP contribution >= 0.6 is 0 Å². The maximum atomic E-state index is 13.2. The van der Waals surface area contributed by atoms with E-state index in [0.29, 0.717) is 23.6 Å². The molecule has 6 nitrogen and oxygen atoms in total. The highest BCUT2D eigenvalue weighted by Crippen LogP contribution is 2.34. The van der Waals surface area contributed by atoms with Crippen LogP contribution in [0.5, 0.6) is 5.88 Å². The quantitative estimate of drug-likeness (QED) is 0.369. The van der Waals surface area contributed by atoms with Gasteiger partial charge >= 0.3 is 5.97 Å². The Kier molecular flexibility index (Phi) is 9.24. The molecule has 0 aliphatic carbocycles. The number of benzene rings is 1. The lowest BCUT2D eigenvalue weighted by molar-refractivity contribution is -0.116. The Bertz CT molecular complexity index is 918. The lowest BCUT2D eigenvalue weighted by Crippen LogP contribution is -2.21. The minimum Gasteiger partial charge on any atom is -0.481 e. The smallest absolute Gasteiger partial charge is 0.337 e. The van der Waals surface area contributed by atoms with Crippen LogP contribution in [-0.2, 0) is 14.9 Å². The molecule has 1 unspecified atom stereocenters. The third-order valence-corrected chi connectivity index (χ3v) is 5.54. The molecule has 1 N–H and O–H groups in total. The molecule has 1 atom stereocenters. The van der Waals surface area contributed by atoms with Crippen molar-refractivity contribution in [3.8, 4) is 5.88 Å². The summed E-state index contributed by atoms with van der Waals surface area (Å²) in [5, 5.41) is 3.06. The number of pyridine rings is 1. The van der Waals surface area contributed by atoms with E-state index in [1.807, 2.05) is 18.2 Å². The number of anilines is 1. The molecule has 174 valence electrons. The van der Waals surface area contributed by atoms with Crippen LogP contribution in [0.1, 0.15) is 87.2 Å². The van der Waals surface area contributed by atoms with Crippen LogP contribution < -0.4 is 10.1 Å². The summed E-state index contributed by atoms with van der Waals surface area (Å²) in [5.41, 5.74) is 2.74. The number of hydrogen-bond acceptors (Lipinski definition) is 5. The topological polar surface area (TPSA) is 77.5 Å². The molecule has 0 saturated heterocycles. The summed E-state index contributed by atoms with van der Waals surface area (Å²) in [6, 6.07) is 9.16. The predicted octanol–water partition coefficient (Wildman–Crippen LogP) is 5.87. The van der Waals surface area contributed by atoms with Crippen LogP contribution in [0.25, 0.3) is 0 Å². The summed E-state index contributed by atoms with van der Waals surface area (Å²) < 4.78 is 10.3. The number of esters is 1. The normalized spacial score (nSPS) is 12.2. The summed E-state index contributed by atoms with van der Waals surface area (Å²) >= 11 is 0. The molecular weight excluding hydrogens is 404 g/mol. The first-order chi connectivity index (χ1) is 15.2. The van der Waals surface area contributed by atoms with Crippen LogP contribution in [-0.4, -0.2) is 31.1 Å². The number of aromatic nitrogens is 1. The molecule has 0 saturated carbocycles. The number of unbranched alkanes of at least 4 members (excludes halogenated alkanes) is 2. The van der Waals surface area contributed by atoms with Gasteiger partial charge in [-0.1, -0.05) is 59.1 Å². The molecule has 2 aromatic rings. The Morgan fingerprint density at radius 1 is 1.12 bits per heavy atom. The van der Waals surface area contributed by atoms with Crippen LogP contribution in [0, 0.1) is 0 Å². The van der Waals surface area contributed by atoms with E-state index in [4.69, 9.17) is 9.47 Å². The molecule has 0 aliphatic rings. The number of carbonyl (C=O) groups is 2. The first-order valence-corrected chi connectivity index (χ1v) is 11.2. The van der Waals surface area contributed by atoms with Crippen molar-refractivity contribution in [1.82, 2.24) is 4.98 Å². The number of carbonyl (C=O) groups excluding carboxylic acids is 2. The van der Waals surface area contributed by atoms with Gasteiger partial charge in [-0.25, -0.2) is 9.78 Å². The van der Waals surface area contributed by atoms with Crippen molar-refractivity contribution in [1.29, 1.82) is 0 Å². The summed E-state index contributed by atoms with van der Waals surface area (Å²) in [4.78, 5) is 29.5. The van der Waals surface area contributed by atoms with Gasteiger partial charge in [0.25, 0.3) is 0 Å². The molecule has 32 heavy (non-hydrogen) atoms. The zero-order valence-corrected chi connectivity index (χ0v) is 20.2. The van der Waals surface area contributed by atoms with Gasteiger partial charge in [-0.3, -0.25) is 4.79 Å². The number of amides is 1. The fraction of sp³-hybridized carbons (Fsp3) is 0.500. The number of hydrogen-bond donors (Lipinski definition) is 1. The second kappa shape index (κ2) is 11.7. The maximum Gasteiger partial charge on any atom is 0.337 e. The van der Waals surface area contributed by atoms with Crippen molar-refractivity contribution < 1.29 is 19.1 Å². The van der Waals surface area contributed by atoms with E-state index < -0.39 is 5.97 Å². The lowest BCUT2D eigenvalue weighted by atomic mass is 9.85. The largest absolute Gasteiger partial charge is 0.481 e. The Labute approximate surface area is 191 Å². The highest BCUT2D eigenvalue weighted by molar-refractivity contribution is 5.96. The standard InChI is InChI=1S/C26H36N2O4/c1-7-8-9-11-18(20-12-10-15-27-24(20)31-5)17-23(29)28-22-16-19(25(30)32-6)13-14-21(22)26(2,3)4/h10,12-16,18H,7-9,11,17H2,1-6H3,(H,28,29). The molecule has 0 fully saturated rings. The summed E-state index contributed by atoms with van der Waals surface area (Å²) in [7, 11) is 2.95. The molecule has 0 spiro atoms. The number of nitrogens with one attached hydrogen (secondary N) is 1.